The number of carbonyl (C=O) groups is 1. The molecule has 1 aromatic rings. The van der Waals surface area contributed by atoms with Gasteiger partial charge in [0.15, 0.2) is 11.9 Å². The van der Waals surface area contributed by atoms with E-state index in [0.717, 1.165) is 25.7 Å². The van der Waals surface area contributed by atoms with E-state index in [1.807, 2.05) is 25.1 Å². The SMILES string of the molecule is C[C@H]1[C@H](OC(=O)c2ccccc2)O[C@@H]2O[C@]3(C)CC[C@H]4[C@H](C)CC[C@@H]1[C@@]24OO3. The fourth-order valence-electron chi connectivity index (χ4n) is 5.75. The Morgan fingerprint density at radius 1 is 1.07 bits per heavy atom. The first-order valence-electron chi connectivity index (χ1n) is 10.4. The van der Waals surface area contributed by atoms with Crippen LogP contribution in [0.5, 0.6) is 0 Å². The van der Waals surface area contributed by atoms with Gasteiger partial charge in [-0.05, 0) is 50.2 Å². The molecule has 1 aromatic carbocycles. The minimum Gasteiger partial charge on any atom is -0.432 e. The van der Waals surface area contributed by atoms with Crippen LogP contribution in [0.15, 0.2) is 30.3 Å². The second-order valence-corrected chi connectivity index (χ2v) is 9.05. The Labute approximate surface area is 165 Å². The lowest BCUT2D eigenvalue weighted by Gasteiger charge is -2.59. The number of fused-ring (bicyclic) bond motifs is 2. The molecule has 6 nitrogen and oxygen atoms in total. The Morgan fingerprint density at radius 2 is 1.86 bits per heavy atom. The first-order chi connectivity index (χ1) is 13.4. The summed E-state index contributed by atoms with van der Waals surface area (Å²) in [5.74, 6) is -0.278. The summed E-state index contributed by atoms with van der Waals surface area (Å²) in [5, 5.41) is 0. The Balaban J connectivity index is 1.46. The van der Waals surface area contributed by atoms with Crippen molar-refractivity contribution in [1.29, 1.82) is 0 Å². The van der Waals surface area contributed by atoms with Crippen LogP contribution in [-0.4, -0.2) is 29.9 Å². The van der Waals surface area contributed by atoms with Gasteiger partial charge >= 0.3 is 5.97 Å². The summed E-state index contributed by atoms with van der Waals surface area (Å²) in [6, 6.07) is 9.01. The predicted octanol–water partition coefficient (Wildman–Crippen LogP) is 4.05. The molecule has 4 heterocycles. The van der Waals surface area contributed by atoms with E-state index in [4.69, 9.17) is 24.0 Å². The van der Waals surface area contributed by atoms with Gasteiger partial charge in [0.05, 0.1) is 5.56 Å². The summed E-state index contributed by atoms with van der Waals surface area (Å²) in [4.78, 5) is 24.5. The van der Waals surface area contributed by atoms with Crippen molar-refractivity contribution in [2.45, 2.75) is 70.4 Å². The highest BCUT2D eigenvalue weighted by Gasteiger charge is 2.69. The van der Waals surface area contributed by atoms with Crippen molar-refractivity contribution in [3.05, 3.63) is 35.9 Å². The number of ether oxygens (including phenoxy) is 3. The zero-order valence-electron chi connectivity index (χ0n) is 16.6. The summed E-state index contributed by atoms with van der Waals surface area (Å²) in [7, 11) is 0. The zero-order valence-corrected chi connectivity index (χ0v) is 16.6. The first-order valence-corrected chi connectivity index (χ1v) is 10.4. The molecular weight excluding hydrogens is 360 g/mol. The van der Waals surface area contributed by atoms with Gasteiger partial charge in [-0.3, -0.25) is 0 Å². The van der Waals surface area contributed by atoms with Gasteiger partial charge in [-0.25, -0.2) is 14.6 Å². The molecule has 0 amide bonds. The molecule has 0 radical (unpaired) electrons. The number of rotatable bonds is 2. The third-order valence-corrected chi connectivity index (χ3v) is 7.33. The number of hydrogen-bond acceptors (Lipinski definition) is 6. The molecule has 8 atom stereocenters. The number of esters is 1. The van der Waals surface area contributed by atoms with E-state index in [-0.39, 0.29) is 17.8 Å². The van der Waals surface area contributed by atoms with Crippen molar-refractivity contribution < 1.29 is 28.8 Å². The van der Waals surface area contributed by atoms with E-state index in [9.17, 15) is 4.79 Å². The van der Waals surface area contributed by atoms with Gasteiger partial charge in [0.1, 0.15) is 0 Å². The van der Waals surface area contributed by atoms with Gasteiger partial charge < -0.3 is 14.2 Å². The number of benzene rings is 1. The molecule has 0 unspecified atom stereocenters. The van der Waals surface area contributed by atoms with Crippen LogP contribution in [0.1, 0.15) is 56.8 Å². The standard InChI is InChI=1S/C22H28O6/c1-13-9-10-17-14(2)19(24-18(23)15-7-5-4-6-8-15)25-20-22(17)16(13)11-12-21(3,26-20)27-28-22/h4-8,13-14,16-17,19-20H,9-12H2,1-3H3/t13-,14-,16+,17+,19-,20-,21+,22-/m1/s1. The fraction of sp³-hybridized carbons (Fsp3) is 0.682. The molecule has 0 N–H and O–H groups in total. The molecule has 1 spiro atoms. The quantitative estimate of drug-likeness (QED) is 0.563. The molecule has 0 aromatic heterocycles. The van der Waals surface area contributed by atoms with Crippen molar-refractivity contribution in [2.75, 3.05) is 0 Å². The molecular formula is C22H28O6. The summed E-state index contributed by atoms with van der Waals surface area (Å²) >= 11 is 0. The van der Waals surface area contributed by atoms with E-state index >= 15 is 0 Å². The van der Waals surface area contributed by atoms with Crippen molar-refractivity contribution in [1.82, 2.24) is 0 Å². The lowest BCUT2D eigenvalue weighted by Crippen LogP contribution is -2.70. The van der Waals surface area contributed by atoms with Gasteiger partial charge in [0.25, 0.3) is 0 Å². The average Bonchev–Trinajstić information content (AvgIpc) is 2.92. The summed E-state index contributed by atoms with van der Waals surface area (Å²) in [5.41, 5.74) is -0.119. The summed E-state index contributed by atoms with van der Waals surface area (Å²) in [6.45, 7) is 6.25. The van der Waals surface area contributed by atoms with Gasteiger partial charge in [-0.1, -0.05) is 32.0 Å². The van der Waals surface area contributed by atoms with Crippen molar-refractivity contribution >= 4 is 5.97 Å². The average molecular weight is 388 g/mol. The lowest BCUT2D eigenvalue weighted by molar-refractivity contribution is -0.576. The second-order valence-electron chi connectivity index (χ2n) is 9.05. The minimum atomic E-state index is -0.827. The normalized spacial score (nSPS) is 47.1. The molecule has 4 aliphatic heterocycles. The Kier molecular flexibility index (Phi) is 4.32. The maximum absolute atomic E-state index is 12.6. The van der Waals surface area contributed by atoms with Crippen molar-refractivity contribution in [3.63, 3.8) is 0 Å². The van der Waals surface area contributed by atoms with E-state index in [0.29, 0.717) is 17.4 Å². The van der Waals surface area contributed by atoms with Crippen LogP contribution in [0.2, 0.25) is 0 Å². The molecule has 5 aliphatic rings. The molecule has 4 saturated heterocycles. The van der Waals surface area contributed by atoms with Gasteiger partial charge in [0, 0.05) is 18.3 Å². The molecule has 1 saturated carbocycles. The highest BCUT2D eigenvalue weighted by Crippen LogP contribution is 2.60. The smallest absolute Gasteiger partial charge is 0.340 e. The van der Waals surface area contributed by atoms with E-state index in [2.05, 4.69) is 13.8 Å². The maximum atomic E-state index is 12.6. The van der Waals surface area contributed by atoms with Gasteiger partial charge in [-0.2, -0.15) is 0 Å². The molecule has 1 aliphatic carbocycles. The molecule has 5 fully saturated rings. The van der Waals surface area contributed by atoms with Gasteiger partial charge in [-0.15, -0.1) is 0 Å². The third-order valence-electron chi connectivity index (χ3n) is 7.33. The molecule has 2 bridgehead atoms. The van der Waals surface area contributed by atoms with Crippen LogP contribution in [-0.2, 0) is 24.0 Å². The maximum Gasteiger partial charge on any atom is 0.340 e. The lowest BCUT2D eigenvalue weighted by atomic mass is 9.58. The predicted molar refractivity (Wildman–Crippen MR) is 98.7 cm³/mol. The molecule has 28 heavy (non-hydrogen) atoms. The monoisotopic (exact) mass is 388 g/mol. The fourth-order valence-corrected chi connectivity index (χ4v) is 5.75. The number of hydrogen-bond donors (Lipinski definition) is 0. The zero-order chi connectivity index (χ0) is 19.5. The molecule has 6 heteroatoms. The van der Waals surface area contributed by atoms with E-state index in [1.54, 1.807) is 12.1 Å². The second kappa shape index (κ2) is 6.52. The van der Waals surface area contributed by atoms with E-state index < -0.39 is 24.0 Å². The third kappa shape index (κ3) is 2.65. The first kappa shape index (κ1) is 18.6. The summed E-state index contributed by atoms with van der Waals surface area (Å²) in [6.07, 6.45) is 2.56. The van der Waals surface area contributed by atoms with Crippen LogP contribution in [0.25, 0.3) is 0 Å². The Morgan fingerprint density at radius 3 is 2.64 bits per heavy atom. The minimum absolute atomic E-state index is 0.0198. The van der Waals surface area contributed by atoms with Crippen molar-refractivity contribution in [2.24, 2.45) is 23.7 Å². The van der Waals surface area contributed by atoms with E-state index in [1.165, 1.54) is 0 Å². The largest absolute Gasteiger partial charge is 0.432 e. The Hall–Kier alpha value is -1.47. The van der Waals surface area contributed by atoms with Crippen molar-refractivity contribution in [3.8, 4) is 0 Å². The highest BCUT2D eigenvalue weighted by molar-refractivity contribution is 5.89. The van der Waals surface area contributed by atoms with Crippen LogP contribution in [0.4, 0.5) is 0 Å². The topological polar surface area (TPSA) is 63.2 Å². The number of carbonyl (C=O) groups excluding carboxylic acids is 1. The molecule has 6 rings (SSSR count). The Bertz CT molecular complexity index is 753. The molecule has 152 valence electrons. The van der Waals surface area contributed by atoms with Crippen LogP contribution < -0.4 is 0 Å². The van der Waals surface area contributed by atoms with Crippen LogP contribution in [0.3, 0.4) is 0 Å². The van der Waals surface area contributed by atoms with Gasteiger partial charge in [0.2, 0.25) is 12.1 Å². The highest BCUT2D eigenvalue weighted by atomic mass is 17.3. The summed E-state index contributed by atoms with van der Waals surface area (Å²) < 4.78 is 18.4. The van der Waals surface area contributed by atoms with Crippen LogP contribution in [0, 0.1) is 23.7 Å². The van der Waals surface area contributed by atoms with Crippen LogP contribution >= 0.6 is 0 Å².